The molecule has 1 atom stereocenters. The molecule has 0 spiro atoms. The van der Waals surface area contributed by atoms with Crippen molar-refractivity contribution in [1.82, 2.24) is 5.32 Å². The minimum absolute atomic E-state index is 0.225. The molecule has 140 valence electrons. The lowest BCUT2D eigenvalue weighted by molar-refractivity contribution is 0.0925. The van der Waals surface area contributed by atoms with E-state index < -0.39 is 10.8 Å². The van der Waals surface area contributed by atoms with Crippen molar-refractivity contribution in [1.29, 1.82) is 0 Å². The molecule has 1 amide bonds. The van der Waals surface area contributed by atoms with Gasteiger partial charge in [-0.1, -0.05) is 41.9 Å². The summed E-state index contributed by atoms with van der Waals surface area (Å²) in [5, 5.41) is 3.52. The van der Waals surface area contributed by atoms with Crippen molar-refractivity contribution in [3.8, 4) is 0 Å². The lowest BCUT2D eigenvalue weighted by atomic mass is 10.1. The number of benzene rings is 2. The second kappa shape index (κ2) is 9.02. The van der Waals surface area contributed by atoms with Crippen molar-refractivity contribution in [2.45, 2.75) is 24.0 Å². The van der Waals surface area contributed by atoms with Crippen LogP contribution in [0.4, 0.5) is 0 Å². The number of carbonyl (C=O) groups excluding carboxylic acids is 1. The van der Waals surface area contributed by atoms with E-state index in [0.717, 1.165) is 16.0 Å². The SMILES string of the molecule is Cc1ccccc1[S@@](=O)Cc1ccc(C(=O)NCCc2ccc(Cl)cc2)o1. The normalized spacial score (nSPS) is 11.9. The summed E-state index contributed by atoms with van der Waals surface area (Å²) in [6.45, 7) is 2.42. The zero-order valence-electron chi connectivity index (χ0n) is 14.9. The van der Waals surface area contributed by atoms with Gasteiger partial charge in [0.1, 0.15) is 5.76 Å². The van der Waals surface area contributed by atoms with E-state index in [1.54, 1.807) is 12.1 Å². The fraction of sp³-hybridized carbons (Fsp3) is 0.190. The average Bonchev–Trinajstić information content (AvgIpc) is 3.12. The first-order chi connectivity index (χ1) is 13.0. The molecule has 27 heavy (non-hydrogen) atoms. The van der Waals surface area contributed by atoms with Crippen molar-refractivity contribution in [3.05, 3.63) is 88.3 Å². The summed E-state index contributed by atoms with van der Waals surface area (Å²) in [7, 11) is -1.21. The van der Waals surface area contributed by atoms with Crippen molar-refractivity contribution in [2.75, 3.05) is 6.54 Å². The average molecular weight is 402 g/mol. The molecule has 3 aromatic rings. The minimum atomic E-state index is -1.21. The van der Waals surface area contributed by atoms with Gasteiger partial charge < -0.3 is 9.73 Å². The maximum absolute atomic E-state index is 12.5. The lowest BCUT2D eigenvalue weighted by Gasteiger charge is -2.05. The molecule has 0 saturated heterocycles. The molecule has 0 bridgehead atoms. The lowest BCUT2D eigenvalue weighted by Crippen LogP contribution is -2.25. The van der Waals surface area contributed by atoms with Crippen molar-refractivity contribution >= 4 is 28.3 Å². The van der Waals surface area contributed by atoms with Crippen LogP contribution in [0, 0.1) is 6.92 Å². The van der Waals surface area contributed by atoms with E-state index in [-0.39, 0.29) is 17.4 Å². The topological polar surface area (TPSA) is 59.3 Å². The Labute approximate surface area is 166 Å². The van der Waals surface area contributed by atoms with Gasteiger partial charge in [-0.05, 0) is 54.8 Å². The summed E-state index contributed by atoms with van der Waals surface area (Å²) in [6, 6.07) is 18.4. The molecule has 2 aromatic carbocycles. The number of aryl methyl sites for hydroxylation is 1. The predicted molar refractivity (Wildman–Crippen MR) is 107 cm³/mol. The van der Waals surface area contributed by atoms with Crippen LogP contribution in [0.15, 0.2) is 70.0 Å². The molecular weight excluding hydrogens is 382 g/mol. The summed E-state index contributed by atoms with van der Waals surface area (Å²) in [5.74, 6) is 0.710. The minimum Gasteiger partial charge on any atom is -0.455 e. The highest BCUT2D eigenvalue weighted by atomic mass is 35.5. The van der Waals surface area contributed by atoms with Crippen LogP contribution in [-0.4, -0.2) is 16.7 Å². The summed E-state index contributed by atoms with van der Waals surface area (Å²) >= 11 is 5.86. The third-order valence-electron chi connectivity index (χ3n) is 4.11. The molecule has 0 saturated carbocycles. The van der Waals surface area contributed by atoms with E-state index in [1.165, 1.54) is 0 Å². The van der Waals surface area contributed by atoms with Gasteiger partial charge in [0, 0.05) is 16.5 Å². The van der Waals surface area contributed by atoms with Crippen LogP contribution < -0.4 is 5.32 Å². The summed E-state index contributed by atoms with van der Waals surface area (Å²) < 4.78 is 18.1. The molecule has 1 heterocycles. The largest absolute Gasteiger partial charge is 0.455 e. The van der Waals surface area contributed by atoms with Crippen LogP contribution in [0.2, 0.25) is 5.02 Å². The first-order valence-electron chi connectivity index (χ1n) is 8.58. The van der Waals surface area contributed by atoms with Gasteiger partial charge in [-0.2, -0.15) is 0 Å². The molecule has 0 radical (unpaired) electrons. The monoisotopic (exact) mass is 401 g/mol. The van der Waals surface area contributed by atoms with E-state index >= 15 is 0 Å². The molecule has 1 aromatic heterocycles. The van der Waals surface area contributed by atoms with Gasteiger partial charge in [0.05, 0.1) is 16.6 Å². The highest BCUT2D eigenvalue weighted by Crippen LogP contribution is 2.18. The number of carbonyl (C=O) groups is 1. The zero-order valence-corrected chi connectivity index (χ0v) is 16.5. The van der Waals surface area contributed by atoms with E-state index in [1.807, 2.05) is 55.5 Å². The molecule has 0 unspecified atom stereocenters. The molecule has 0 aliphatic rings. The van der Waals surface area contributed by atoms with Crippen LogP contribution >= 0.6 is 11.6 Å². The Morgan fingerprint density at radius 2 is 1.81 bits per heavy atom. The van der Waals surface area contributed by atoms with Gasteiger partial charge in [0.25, 0.3) is 5.91 Å². The first kappa shape index (κ1) is 19.4. The Bertz CT molecular complexity index is 950. The van der Waals surface area contributed by atoms with Gasteiger partial charge in [-0.15, -0.1) is 0 Å². The standard InChI is InChI=1S/C21H20ClNO3S/c1-15-4-2-3-5-20(15)27(25)14-18-10-11-19(26-18)21(24)23-13-12-16-6-8-17(22)9-7-16/h2-11H,12-14H2,1H3,(H,23,24)/t27-/m0/s1. The van der Waals surface area contributed by atoms with Gasteiger partial charge in [0.15, 0.2) is 5.76 Å². The maximum Gasteiger partial charge on any atom is 0.287 e. The Morgan fingerprint density at radius 3 is 2.56 bits per heavy atom. The molecule has 6 heteroatoms. The second-order valence-corrected chi connectivity index (χ2v) is 8.01. The molecule has 0 aliphatic carbocycles. The summed E-state index contributed by atoms with van der Waals surface area (Å²) in [4.78, 5) is 13.0. The predicted octanol–water partition coefficient (Wildman–Crippen LogP) is 4.52. The van der Waals surface area contributed by atoms with Crippen LogP contribution in [0.5, 0.6) is 0 Å². The van der Waals surface area contributed by atoms with Gasteiger partial charge in [0.2, 0.25) is 0 Å². The van der Waals surface area contributed by atoms with Crippen LogP contribution in [0.25, 0.3) is 0 Å². The number of nitrogens with one attached hydrogen (secondary N) is 1. The van der Waals surface area contributed by atoms with Crippen molar-refractivity contribution in [2.24, 2.45) is 0 Å². The molecular formula is C21H20ClNO3S. The van der Waals surface area contributed by atoms with Crippen molar-refractivity contribution in [3.63, 3.8) is 0 Å². The highest BCUT2D eigenvalue weighted by molar-refractivity contribution is 7.84. The number of amides is 1. The number of hydrogen-bond donors (Lipinski definition) is 1. The zero-order chi connectivity index (χ0) is 19.2. The fourth-order valence-corrected chi connectivity index (χ4v) is 4.01. The van der Waals surface area contributed by atoms with E-state index in [9.17, 15) is 9.00 Å². The molecule has 0 fully saturated rings. The van der Waals surface area contributed by atoms with Crippen LogP contribution in [0.1, 0.15) is 27.4 Å². The Hall–Kier alpha value is -2.37. The van der Waals surface area contributed by atoms with Crippen LogP contribution in [0.3, 0.4) is 0 Å². The van der Waals surface area contributed by atoms with Crippen molar-refractivity contribution < 1.29 is 13.4 Å². The summed E-state index contributed by atoms with van der Waals surface area (Å²) in [5.41, 5.74) is 2.07. The summed E-state index contributed by atoms with van der Waals surface area (Å²) in [6.07, 6.45) is 0.702. The smallest absolute Gasteiger partial charge is 0.287 e. The molecule has 3 rings (SSSR count). The second-order valence-electron chi connectivity index (χ2n) is 6.15. The van der Waals surface area contributed by atoms with Gasteiger partial charge >= 0.3 is 0 Å². The first-order valence-corrected chi connectivity index (χ1v) is 10.3. The van der Waals surface area contributed by atoms with E-state index in [2.05, 4.69) is 5.32 Å². The Morgan fingerprint density at radius 1 is 1.07 bits per heavy atom. The Kier molecular flexibility index (Phi) is 6.48. The van der Waals surface area contributed by atoms with Gasteiger partial charge in [-0.25, -0.2) is 0 Å². The van der Waals surface area contributed by atoms with E-state index in [0.29, 0.717) is 23.7 Å². The Balaban J connectivity index is 1.53. The number of rotatable bonds is 7. The van der Waals surface area contributed by atoms with Crippen LogP contribution in [-0.2, 0) is 23.0 Å². The third kappa shape index (κ3) is 5.31. The fourth-order valence-electron chi connectivity index (χ4n) is 2.65. The number of halogens is 1. The van der Waals surface area contributed by atoms with E-state index in [4.69, 9.17) is 16.0 Å². The number of furan rings is 1. The quantitative estimate of drug-likeness (QED) is 0.633. The molecule has 0 aliphatic heterocycles. The molecule has 1 N–H and O–H groups in total. The third-order valence-corrected chi connectivity index (χ3v) is 5.86. The number of hydrogen-bond acceptors (Lipinski definition) is 3. The van der Waals surface area contributed by atoms with Gasteiger partial charge in [-0.3, -0.25) is 9.00 Å². The highest BCUT2D eigenvalue weighted by Gasteiger charge is 2.14. The maximum atomic E-state index is 12.5. The molecule has 4 nitrogen and oxygen atoms in total.